The molecule has 4 aromatic rings. The number of anilines is 1. The highest BCUT2D eigenvalue weighted by atomic mass is 35.5. The molecule has 2 aromatic carbocycles. The van der Waals surface area contributed by atoms with E-state index in [1.165, 1.54) is 18.0 Å². The molecule has 0 spiro atoms. The first-order valence-electron chi connectivity index (χ1n) is 14.2. The number of nitrogen functional groups attached to an aromatic ring is 1. The number of esters is 2. The monoisotopic (exact) mass is 747 g/mol. The maximum absolute atomic E-state index is 12.0. The number of thioether (sulfide) groups is 1. The summed E-state index contributed by atoms with van der Waals surface area (Å²) in [5.41, 5.74) is 19.4. The van der Waals surface area contributed by atoms with Crippen molar-refractivity contribution in [3.05, 3.63) is 76.6 Å². The molecule has 2 aromatic heterocycles. The average Bonchev–Trinajstić information content (AvgIpc) is 3.54. The van der Waals surface area contributed by atoms with E-state index in [0.717, 1.165) is 5.56 Å². The minimum Gasteiger partial charge on any atom is -0.490 e. The molecule has 17 heteroatoms. The van der Waals surface area contributed by atoms with Crippen molar-refractivity contribution in [3.63, 3.8) is 0 Å². The Hall–Kier alpha value is -4.54. The van der Waals surface area contributed by atoms with E-state index < -0.39 is 18.0 Å². The first-order valence-corrected chi connectivity index (χ1v) is 15.6. The molecule has 0 aliphatic carbocycles. The van der Waals surface area contributed by atoms with Gasteiger partial charge in [-0.15, -0.1) is 24.8 Å². The number of nitrogens with zero attached hydrogens (tertiary/aromatic N) is 4. The third-order valence-electron chi connectivity index (χ3n) is 6.42. The molecule has 6 N–H and O–H groups in total. The highest BCUT2D eigenvalue weighted by molar-refractivity contribution is 7.98. The summed E-state index contributed by atoms with van der Waals surface area (Å²) in [6.45, 7) is -0.125. The van der Waals surface area contributed by atoms with E-state index in [2.05, 4.69) is 22.1 Å². The smallest absolute Gasteiger partial charge is 0.307 e. The van der Waals surface area contributed by atoms with Crippen molar-refractivity contribution in [2.45, 2.75) is 29.7 Å². The van der Waals surface area contributed by atoms with E-state index in [1.807, 2.05) is 0 Å². The van der Waals surface area contributed by atoms with Crippen LogP contribution in [0.15, 0.2) is 64.2 Å². The summed E-state index contributed by atoms with van der Waals surface area (Å²) >= 11 is 7.19. The van der Waals surface area contributed by atoms with Gasteiger partial charge in [-0.3, -0.25) is 9.59 Å². The first kappa shape index (κ1) is 40.6. The van der Waals surface area contributed by atoms with Crippen LogP contribution in [-0.2, 0) is 24.8 Å². The van der Waals surface area contributed by atoms with Gasteiger partial charge in [0.1, 0.15) is 53.8 Å². The van der Waals surface area contributed by atoms with Gasteiger partial charge in [-0.05, 0) is 42.0 Å². The Bertz CT molecular complexity index is 1800. The van der Waals surface area contributed by atoms with Crippen molar-refractivity contribution in [2.24, 2.45) is 11.5 Å². The number of aromatic nitrogens is 2. The van der Waals surface area contributed by atoms with Crippen LogP contribution in [0.1, 0.15) is 29.7 Å². The summed E-state index contributed by atoms with van der Waals surface area (Å²) in [4.78, 5) is 32.6. The summed E-state index contributed by atoms with van der Waals surface area (Å²) in [7, 11) is 0. The lowest BCUT2D eigenvalue weighted by Crippen LogP contribution is -2.31. The van der Waals surface area contributed by atoms with Crippen molar-refractivity contribution >= 4 is 65.9 Å². The van der Waals surface area contributed by atoms with Crippen LogP contribution in [0.2, 0.25) is 5.02 Å². The number of nitriles is 2. The van der Waals surface area contributed by atoms with Crippen molar-refractivity contribution in [1.29, 1.82) is 10.5 Å². The number of benzene rings is 2. The van der Waals surface area contributed by atoms with Crippen LogP contribution in [0.4, 0.5) is 5.82 Å². The molecule has 0 aliphatic rings. The Morgan fingerprint density at radius 1 is 0.898 bits per heavy atom. The van der Waals surface area contributed by atoms with Crippen molar-refractivity contribution in [3.8, 4) is 40.5 Å². The summed E-state index contributed by atoms with van der Waals surface area (Å²) in [5.74, 6) is -0.00366. The van der Waals surface area contributed by atoms with E-state index in [9.17, 15) is 20.1 Å². The molecular weight excluding hydrogens is 717 g/mol. The van der Waals surface area contributed by atoms with Gasteiger partial charge in [0.2, 0.25) is 5.89 Å². The molecule has 1 atom stereocenters. The van der Waals surface area contributed by atoms with Gasteiger partial charge in [-0.2, -0.15) is 10.5 Å². The fourth-order valence-electron chi connectivity index (χ4n) is 4.19. The number of ether oxygens (including phenoxy) is 3. The van der Waals surface area contributed by atoms with Gasteiger partial charge in [-0.25, -0.2) is 9.97 Å². The van der Waals surface area contributed by atoms with E-state index in [4.69, 9.17) is 47.4 Å². The van der Waals surface area contributed by atoms with Crippen LogP contribution in [0.5, 0.6) is 5.75 Å². The molecule has 0 radical (unpaired) electrons. The molecule has 0 saturated carbocycles. The van der Waals surface area contributed by atoms with Gasteiger partial charge < -0.3 is 35.8 Å². The Morgan fingerprint density at radius 2 is 1.53 bits per heavy atom. The van der Waals surface area contributed by atoms with Gasteiger partial charge in [0.05, 0.1) is 24.1 Å². The van der Waals surface area contributed by atoms with Crippen LogP contribution in [0.25, 0.3) is 22.6 Å². The maximum Gasteiger partial charge on any atom is 0.307 e. The predicted octanol–water partition coefficient (Wildman–Crippen LogP) is 5.05. The van der Waals surface area contributed by atoms with Crippen molar-refractivity contribution in [2.75, 3.05) is 32.0 Å². The second-order valence-electron chi connectivity index (χ2n) is 9.80. The van der Waals surface area contributed by atoms with Crippen LogP contribution < -0.4 is 21.9 Å². The van der Waals surface area contributed by atoms with Gasteiger partial charge in [0.15, 0.2) is 6.10 Å². The highest BCUT2D eigenvalue weighted by Crippen LogP contribution is 2.37. The van der Waals surface area contributed by atoms with E-state index >= 15 is 0 Å². The zero-order chi connectivity index (χ0) is 33.8. The van der Waals surface area contributed by atoms with E-state index in [0.29, 0.717) is 44.3 Å². The molecule has 2 heterocycles. The molecule has 0 amide bonds. The number of nitrogens with two attached hydrogens (primary N) is 3. The molecule has 49 heavy (non-hydrogen) atoms. The van der Waals surface area contributed by atoms with Crippen LogP contribution >= 0.6 is 48.2 Å². The second-order valence-corrected chi connectivity index (χ2v) is 11.2. The number of hydrogen-bond donors (Lipinski definition) is 3. The Balaban J connectivity index is 0.00000417. The van der Waals surface area contributed by atoms with E-state index in [-0.39, 0.29) is 80.9 Å². The largest absolute Gasteiger partial charge is 0.490 e. The summed E-state index contributed by atoms with van der Waals surface area (Å²) < 4.78 is 21.9. The second kappa shape index (κ2) is 20.1. The molecule has 0 bridgehead atoms. The summed E-state index contributed by atoms with van der Waals surface area (Å²) in [5, 5.41) is 21.0. The number of carbonyl (C=O) groups excluding carboxylic acids is 2. The van der Waals surface area contributed by atoms with Crippen molar-refractivity contribution < 1.29 is 28.2 Å². The third-order valence-corrected chi connectivity index (χ3v) is 7.68. The molecule has 13 nitrogen and oxygen atoms in total. The zero-order valence-corrected chi connectivity index (χ0v) is 29.0. The molecule has 258 valence electrons. The fourth-order valence-corrected chi connectivity index (χ4v) is 5.19. The fraction of sp³-hybridized carbons (Fsp3) is 0.250. The lowest BCUT2D eigenvalue weighted by Gasteiger charge is -2.19. The number of halogens is 3. The molecular formula is C32H32Cl3N7O6S. The van der Waals surface area contributed by atoms with Gasteiger partial charge in [0.25, 0.3) is 0 Å². The SMILES string of the molecule is Cl.Cl.N#Cc1c(N)nc(SCc2coc(-c3ccc(Cl)cc3)n2)c(C#N)c1-c1ccc(OC[C@@H](COC(=O)CCN)OC(=O)CCN)cc1. The summed E-state index contributed by atoms with van der Waals surface area (Å²) in [6, 6.07) is 17.8. The number of carbonyl (C=O) groups is 2. The first-order chi connectivity index (χ1) is 22.8. The van der Waals surface area contributed by atoms with E-state index in [1.54, 1.807) is 48.5 Å². The minimum absolute atomic E-state index is 0. The minimum atomic E-state index is -0.891. The number of hydrogen-bond acceptors (Lipinski definition) is 14. The Labute approximate surface area is 303 Å². The van der Waals surface area contributed by atoms with Crippen LogP contribution in [0, 0.1) is 22.7 Å². The van der Waals surface area contributed by atoms with Crippen LogP contribution in [-0.4, -0.2) is 54.3 Å². The summed E-state index contributed by atoms with van der Waals surface area (Å²) in [6.07, 6.45) is 0.635. The zero-order valence-electron chi connectivity index (χ0n) is 25.8. The van der Waals surface area contributed by atoms with Gasteiger partial charge in [0, 0.05) is 35.0 Å². The average molecular weight is 749 g/mol. The number of oxazole rings is 1. The van der Waals surface area contributed by atoms with Gasteiger partial charge >= 0.3 is 11.9 Å². The number of rotatable bonds is 15. The Kier molecular flexibility index (Phi) is 16.7. The lowest BCUT2D eigenvalue weighted by molar-refractivity contribution is -0.160. The standard InChI is InChI=1S/C32H30ClN7O6S.2ClH/c33-21-5-1-20(2-6-21)31-39-22(15-45-31)18-47-32-26(14-37)29(25(13-36)30(38)40-32)19-3-7-23(8-4-19)43-16-24(46-28(42)10-12-35)17-44-27(41)9-11-34;;/h1-8,15,24H,9-12,16-18,34-35H2,(H2,38,40);2*1H/t24-;;/m0../s1. The normalized spacial score (nSPS) is 10.8. The molecule has 0 fully saturated rings. The molecule has 0 unspecified atom stereocenters. The Morgan fingerprint density at radius 3 is 2.16 bits per heavy atom. The molecule has 0 saturated heterocycles. The lowest BCUT2D eigenvalue weighted by atomic mass is 9.97. The molecule has 4 rings (SSSR count). The highest BCUT2D eigenvalue weighted by Gasteiger charge is 2.22. The molecule has 0 aliphatic heterocycles. The number of pyridine rings is 1. The predicted molar refractivity (Wildman–Crippen MR) is 188 cm³/mol. The maximum atomic E-state index is 12.0. The third kappa shape index (κ3) is 11.3. The van der Waals surface area contributed by atoms with Gasteiger partial charge in [-0.1, -0.05) is 35.5 Å². The quantitative estimate of drug-likeness (QED) is 0.107. The topological polar surface area (TPSA) is 226 Å². The van der Waals surface area contributed by atoms with Crippen molar-refractivity contribution in [1.82, 2.24) is 9.97 Å². The van der Waals surface area contributed by atoms with Crippen LogP contribution in [0.3, 0.4) is 0 Å².